The molecular weight excluding hydrogens is 215 g/mol. The fourth-order valence-corrected chi connectivity index (χ4v) is 1.84. The van der Waals surface area contributed by atoms with Gasteiger partial charge in [0.05, 0.1) is 6.61 Å². The quantitative estimate of drug-likeness (QED) is 0.465. The van der Waals surface area contributed by atoms with Gasteiger partial charge >= 0.3 is 7.75 Å². The van der Waals surface area contributed by atoms with Gasteiger partial charge in [0.25, 0.3) is 0 Å². The fraction of sp³-hybridized carbons (Fsp3) is 0.778. The van der Waals surface area contributed by atoms with Crippen molar-refractivity contribution in [2.24, 2.45) is 0 Å². The lowest BCUT2D eigenvalue weighted by molar-refractivity contribution is 0.198. The molecule has 1 unspecified atom stereocenters. The van der Waals surface area contributed by atoms with Gasteiger partial charge in [0.15, 0.2) is 0 Å². The maximum Gasteiger partial charge on any atom is 0.403 e. The molecule has 5 nitrogen and oxygen atoms in total. The summed E-state index contributed by atoms with van der Waals surface area (Å²) < 4.78 is 16.2. The number of hydrogen-bond acceptors (Lipinski definition) is 3. The minimum Gasteiger partial charge on any atom is -0.312 e. The molecule has 15 heavy (non-hydrogen) atoms. The molecule has 0 aliphatic heterocycles. The molecule has 0 rings (SSSR count). The Labute approximate surface area is 91.7 Å². The van der Waals surface area contributed by atoms with E-state index in [1.807, 2.05) is 13.8 Å². The molecule has 0 aromatic heterocycles. The lowest BCUT2D eigenvalue weighted by Crippen LogP contribution is -2.27. The summed E-state index contributed by atoms with van der Waals surface area (Å²) in [5.74, 6) is 0. The highest BCUT2D eigenvalue weighted by Crippen LogP contribution is 2.35. The zero-order chi connectivity index (χ0) is 11.7. The predicted octanol–water partition coefficient (Wildman–Crippen LogP) is 1.22. The number of nitrogens with zero attached hydrogens (tertiary/aromatic N) is 1. The van der Waals surface area contributed by atoms with Crippen LogP contribution in [0.15, 0.2) is 12.7 Å². The van der Waals surface area contributed by atoms with Crippen LogP contribution in [0.1, 0.15) is 13.8 Å². The third-order valence-electron chi connectivity index (χ3n) is 2.00. The SMILES string of the molecule is C=CCNP(=O)(O)OCCN(CC)CC. The van der Waals surface area contributed by atoms with Gasteiger partial charge in [0.1, 0.15) is 0 Å². The van der Waals surface area contributed by atoms with Gasteiger partial charge in [0, 0.05) is 13.1 Å². The lowest BCUT2D eigenvalue weighted by Gasteiger charge is -2.19. The van der Waals surface area contributed by atoms with E-state index in [1.54, 1.807) is 0 Å². The van der Waals surface area contributed by atoms with Crippen molar-refractivity contribution in [3.05, 3.63) is 12.7 Å². The number of hydrogen-bond donors (Lipinski definition) is 2. The Hall–Kier alpha value is -0.190. The molecule has 0 saturated heterocycles. The first-order chi connectivity index (χ1) is 7.05. The molecule has 0 spiro atoms. The van der Waals surface area contributed by atoms with E-state index in [9.17, 15) is 9.46 Å². The molecule has 6 heteroatoms. The first-order valence-electron chi connectivity index (χ1n) is 5.11. The Bertz CT molecular complexity index is 219. The third kappa shape index (κ3) is 7.71. The Morgan fingerprint density at radius 3 is 2.60 bits per heavy atom. The topological polar surface area (TPSA) is 61.8 Å². The van der Waals surface area contributed by atoms with Crippen LogP contribution in [0.25, 0.3) is 0 Å². The van der Waals surface area contributed by atoms with Crippen molar-refractivity contribution in [2.45, 2.75) is 13.8 Å². The zero-order valence-corrected chi connectivity index (χ0v) is 10.4. The number of nitrogens with one attached hydrogen (secondary N) is 1. The van der Waals surface area contributed by atoms with E-state index in [-0.39, 0.29) is 13.2 Å². The first-order valence-corrected chi connectivity index (χ1v) is 6.69. The van der Waals surface area contributed by atoms with Crippen molar-refractivity contribution in [3.8, 4) is 0 Å². The maximum absolute atomic E-state index is 11.3. The third-order valence-corrected chi connectivity index (χ3v) is 3.12. The van der Waals surface area contributed by atoms with Gasteiger partial charge in [-0.15, -0.1) is 6.58 Å². The van der Waals surface area contributed by atoms with E-state index in [1.165, 1.54) is 6.08 Å². The molecule has 0 saturated carbocycles. The van der Waals surface area contributed by atoms with E-state index in [4.69, 9.17) is 4.52 Å². The fourth-order valence-electron chi connectivity index (χ4n) is 1.06. The minimum atomic E-state index is -3.63. The van der Waals surface area contributed by atoms with Crippen LogP contribution in [0.2, 0.25) is 0 Å². The van der Waals surface area contributed by atoms with Crippen molar-refractivity contribution in [1.29, 1.82) is 0 Å². The highest BCUT2D eigenvalue weighted by Gasteiger charge is 2.17. The molecule has 0 radical (unpaired) electrons. The van der Waals surface area contributed by atoms with Crippen LogP contribution in [-0.2, 0) is 9.09 Å². The molecule has 1 atom stereocenters. The summed E-state index contributed by atoms with van der Waals surface area (Å²) in [6, 6.07) is 0. The summed E-state index contributed by atoms with van der Waals surface area (Å²) in [6.45, 7) is 10.5. The average Bonchev–Trinajstić information content (AvgIpc) is 2.22. The normalized spacial score (nSPS) is 15.2. The van der Waals surface area contributed by atoms with Crippen LogP contribution in [-0.4, -0.2) is 42.6 Å². The van der Waals surface area contributed by atoms with Crippen molar-refractivity contribution in [1.82, 2.24) is 9.99 Å². The summed E-state index contributed by atoms with van der Waals surface area (Å²) in [7, 11) is -3.63. The second-order valence-electron chi connectivity index (χ2n) is 3.03. The summed E-state index contributed by atoms with van der Waals surface area (Å²) in [6.07, 6.45) is 1.51. The summed E-state index contributed by atoms with van der Waals surface area (Å²) >= 11 is 0. The largest absolute Gasteiger partial charge is 0.403 e. The van der Waals surface area contributed by atoms with Gasteiger partial charge < -0.3 is 9.79 Å². The molecule has 0 aromatic carbocycles. The zero-order valence-electron chi connectivity index (χ0n) is 9.48. The van der Waals surface area contributed by atoms with E-state index in [0.29, 0.717) is 6.54 Å². The van der Waals surface area contributed by atoms with Crippen LogP contribution in [0.3, 0.4) is 0 Å². The van der Waals surface area contributed by atoms with E-state index < -0.39 is 7.75 Å². The average molecular weight is 236 g/mol. The van der Waals surface area contributed by atoms with E-state index in [0.717, 1.165) is 13.1 Å². The molecule has 0 aromatic rings. The molecule has 0 bridgehead atoms. The summed E-state index contributed by atoms with van der Waals surface area (Å²) in [4.78, 5) is 11.4. The molecule has 2 N–H and O–H groups in total. The smallest absolute Gasteiger partial charge is 0.312 e. The molecule has 0 aliphatic rings. The van der Waals surface area contributed by atoms with Crippen LogP contribution < -0.4 is 5.09 Å². The summed E-state index contributed by atoms with van der Waals surface area (Å²) in [5.41, 5.74) is 0. The van der Waals surface area contributed by atoms with Gasteiger partial charge in [0.2, 0.25) is 0 Å². The van der Waals surface area contributed by atoms with Crippen molar-refractivity contribution in [3.63, 3.8) is 0 Å². The van der Waals surface area contributed by atoms with Crippen LogP contribution in [0.5, 0.6) is 0 Å². The van der Waals surface area contributed by atoms with Crippen molar-refractivity contribution in [2.75, 3.05) is 32.8 Å². The number of likely N-dealkylation sites (N-methyl/N-ethyl adjacent to an activating group) is 1. The molecule has 0 amide bonds. The first kappa shape index (κ1) is 14.8. The monoisotopic (exact) mass is 236 g/mol. The van der Waals surface area contributed by atoms with Gasteiger partial charge in [-0.25, -0.2) is 9.65 Å². The van der Waals surface area contributed by atoms with Crippen molar-refractivity contribution < 1.29 is 14.0 Å². The Balaban J connectivity index is 3.73. The Kier molecular flexibility index (Phi) is 7.92. The van der Waals surface area contributed by atoms with E-state index in [2.05, 4.69) is 16.6 Å². The molecule has 0 aliphatic carbocycles. The second-order valence-corrected chi connectivity index (χ2v) is 4.65. The van der Waals surface area contributed by atoms with Crippen LogP contribution in [0.4, 0.5) is 0 Å². The minimum absolute atomic E-state index is 0.250. The lowest BCUT2D eigenvalue weighted by atomic mass is 10.5. The van der Waals surface area contributed by atoms with Gasteiger partial charge in [-0.3, -0.25) is 4.52 Å². The molecule has 90 valence electrons. The predicted molar refractivity (Wildman–Crippen MR) is 61.8 cm³/mol. The molecule has 0 heterocycles. The van der Waals surface area contributed by atoms with Gasteiger partial charge in [-0.2, -0.15) is 0 Å². The standard InChI is InChI=1S/C9H21N2O3P/c1-4-7-10-15(12,13)14-9-8-11(5-2)6-3/h4H,1,5-9H2,2-3H3,(H2,10,12,13). The van der Waals surface area contributed by atoms with Gasteiger partial charge in [-0.05, 0) is 13.1 Å². The van der Waals surface area contributed by atoms with Crippen LogP contribution in [0, 0.1) is 0 Å². The Morgan fingerprint density at radius 1 is 1.53 bits per heavy atom. The summed E-state index contributed by atoms with van der Waals surface area (Å²) in [5, 5.41) is 2.37. The van der Waals surface area contributed by atoms with Crippen molar-refractivity contribution >= 4 is 7.75 Å². The maximum atomic E-state index is 11.3. The Morgan fingerprint density at radius 2 is 2.13 bits per heavy atom. The van der Waals surface area contributed by atoms with Crippen LogP contribution >= 0.6 is 7.75 Å². The van der Waals surface area contributed by atoms with Gasteiger partial charge in [-0.1, -0.05) is 19.9 Å². The highest BCUT2D eigenvalue weighted by atomic mass is 31.2. The second kappa shape index (κ2) is 8.02. The molecule has 0 fully saturated rings. The van der Waals surface area contributed by atoms with E-state index >= 15 is 0 Å². The number of rotatable bonds is 9. The molecular formula is C9H21N2O3P. The highest BCUT2D eigenvalue weighted by molar-refractivity contribution is 7.50.